The van der Waals surface area contributed by atoms with E-state index in [-0.39, 0.29) is 5.91 Å². The van der Waals surface area contributed by atoms with Gasteiger partial charge in [-0.3, -0.25) is 9.32 Å². The Hall–Kier alpha value is -0.460. The van der Waals surface area contributed by atoms with Crippen molar-refractivity contribution < 1.29 is 28.8 Å². The molecule has 1 amide bonds. The van der Waals surface area contributed by atoms with Crippen LogP contribution in [0.15, 0.2) is 0 Å². The maximum Gasteiger partial charge on any atom is 0.469 e. The van der Waals surface area contributed by atoms with Gasteiger partial charge in [-0.05, 0) is 12.8 Å². The molecule has 0 bridgehead atoms. The van der Waals surface area contributed by atoms with Gasteiger partial charge in [0.1, 0.15) is 0 Å². The minimum absolute atomic E-state index is 0.189. The second-order valence-corrected chi connectivity index (χ2v) is 15.9. The summed E-state index contributed by atoms with van der Waals surface area (Å²) in [5, 5.41) is 13.5. The predicted molar refractivity (Wildman–Crippen MR) is 204 cm³/mol. The van der Waals surface area contributed by atoms with Crippen LogP contribution in [0.4, 0.5) is 0 Å². The standard InChI is InChI=1S/C40H82NO6P/c1-3-5-7-9-11-13-15-17-19-20-22-24-26-28-30-32-34-36-40(43)41-38(37-47-48(44,45)46)39(42)35-33-31-29-27-25-23-21-18-16-14-12-10-8-6-4-2/h38-39,42H,3-37H2,1-2H3,(H,41,43)(H2,44,45,46)/t38-,39+/m0/s1. The average Bonchev–Trinajstić information content (AvgIpc) is 3.05. The molecule has 0 radical (unpaired) electrons. The predicted octanol–water partition coefficient (Wildman–Crippen LogP) is 12.2. The van der Waals surface area contributed by atoms with Crippen molar-refractivity contribution in [2.75, 3.05) is 6.61 Å². The molecule has 0 aliphatic rings. The van der Waals surface area contributed by atoms with Gasteiger partial charge in [-0.1, -0.05) is 213 Å². The van der Waals surface area contributed by atoms with Gasteiger partial charge < -0.3 is 20.2 Å². The Balaban J connectivity index is 3.88. The van der Waals surface area contributed by atoms with Crippen LogP contribution in [0.1, 0.15) is 232 Å². The summed E-state index contributed by atoms with van der Waals surface area (Å²) in [6.07, 6.45) is 40.8. The number of hydrogen-bond acceptors (Lipinski definition) is 4. The zero-order valence-electron chi connectivity index (χ0n) is 31.9. The van der Waals surface area contributed by atoms with Gasteiger partial charge in [-0.25, -0.2) is 4.57 Å². The van der Waals surface area contributed by atoms with Crippen molar-refractivity contribution in [3.05, 3.63) is 0 Å². The summed E-state index contributed by atoms with van der Waals surface area (Å²) in [6.45, 7) is 4.14. The molecular weight excluding hydrogens is 621 g/mol. The average molecular weight is 704 g/mol. The fourth-order valence-electron chi connectivity index (χ4n) is 6.64. The zero-order valence-corrected chi connectivity index (χ0v) is 32.8. The minimum Gasteiger partial charge on any atom is -0.391 e. The van der Waals surface area contributed by atoms with E-state index in [4.69, 9.17) is 9.79 Å². The van der Waals surface area contributed by atoms with Crippen LogP contribution >= 0.6 is 7.82 Å². The van der Waals surface area contributed by atoms with Gasteiger partial charge in [0, 0.05) is 6.42 Å². The van der Waals surface area contributed by atoms with Gasteiger partial charge in [0.05, 0.1) is 18.8 Å². The first kappa shape index (κ1) is 47.5. The molecule has 0 aromatic heterocycles. The monoisotopic (exact) mass is 704 g/mol. The van der Waals surface area contributed by atoms with Crippen molar-refractivity contribution in [3.63, 3.8) is 0 Å². The van der Waals surface area contributed by atoms with Crippen LogP contribution in [-0.4, -0.2) is 39.6 Å². The fraction of sp³-hybridized carbons (Fsp3) is 0.975. The lowest BCUT2D eigenvalue weighted by Crippen LogP contribution is -2.46. The molecule has 0 spiro atoms. The van der Waals surface area contributed by atoms with Gasteiger partial charge in [0.25, 0.3) is 0 Å². The number of rotatable bonds is 39. The van der Waals surface area contributed by atoms with Gasteiger partial charge in [0.15, 0.2) is 0 Å². The van der Waals surface area contributed by atoms with Crippen molar-refractivity contribution in [1.29, 1.82) is 0 Å². The molecule has 0 saturated heterocycles. The van der Waals surface area contributed by atoms with E-state index in [0.29, 0.717) is 12.8 Å². The minimum atomic E-state index is -4.68. The van der Waals surface area contributed by atoms with E-state index in [1.807, 2.05) is 0 Å². The molecule has 7 nitrogen and oxygen atoms in total. The van der Waals surface area contributed by atoms with Gasteiger partial charge >= 0.3 is 7.82 Å². The molecular formula is C40H82NO6P. The lowest BCUT2D eigenvalue weighted by Gasteiger charge is -2.24. The molecule has 2 atom stereocenters. The first-order chi connectivity index (χ1) is 23.3. The second-order valence-electron chi connectivity index (χ2n) is 14.7. The van der Waals surface area contributed by atoms with Crippen LogP contribution in [0.3, 0.4) is 0 Å². The molecule has 0 aliphatic carbocycles. The quantitative estimate of drug-likeness (QED) is 0.0374. The summed E-state index contributed by atoms with van der Waals surface area (Å²) >= 11 is 0. The highest BCUT2D eigenvalue weighted by molar-refractivity contribution is 7.46. The Morgan fingerprint density at radius 1 is 0.521 bits per heavy atom. The van der Waals surface area contributed by atoms with Crippen molar-refractivity contribution in [2.24, 2.45) is 0 Å². The Morgan fingerprint density at radius 3 is 1.12 bits per heavy atom. The summed E-state index contributed by atoms with van der Waals surface area (Å²) < 4.78 is 15.9. The highest BCUT2D eigenvalue weighted by atomic mass is 31.2. The van der Waals surface area contributed by atoms with E-state index in [1.165, 1.54) is 167 Å². The smallest absolute Gasteiger partial charge is 0.391 e. The Bertz CT molecular complexity index is 718. The first-order valence-electron chi connectivity index (χ1n) is 21.0. The summed E-state index contributed by atoms with van der Waals surface area (Å²) in [6, 6.07) is -0.817. The third-order valence-electron chi connectivity index (χ3n) is 9.84. The number of nitrogens with one attached hydrogen (secondary N) is 1. The van der Waals surface area contributed by atoms with Crippen LogP contribution in [0, 0.1) is 0 Å². The number of hydrogen-bond donors (Lipinski definition) is 4. The molecule has 8 heteroatoms. The number of carbonyl (C=O) groups excluding carboxylic acids is 1. The molecule has 0 saturated carbocycles. The molecule has 48 heavy (non-hydrogen) atoms. The van der Waals surface area contributed by atoms with E-state index in [1.54, 1.807) is 0 Å². The fourth-order valence-corrected chi connectivity index (χ4v) is 7.00. The van der Waals surface area contributed by atoms with E-state index in [2.05, 4.69) is 23.7 Å². The Kier molecular flexibility index (Phi) is 36.0. The number of carbonyl (C=O) groups is 1. The first-order valence-corrected chi connectivity index (χ1v) is 22.5. The normalized spacial score (nSPS) is 13.2. The highest BCUT2D eigenvalue weighted by Crippen LogP contribution is 2.36. The summed E-state index contributed by atoms with van der Waals surface area (Å²) in [4.78, 5) is 30.9. The van der Waals surface area contributed by atoms with Crippen LogP contribution in [0.5, 0.6) is 0 Å². The van der Waals surface area contributed by atoms with Gasteiger partial charge in [-0.15, -0.1) is 0 Å². The lowest BCUT2D eigenvalue weighted by atomic mass is 10.0. The van der Waals surface area contributed by atoms with E-state index in [9.17, 15) is 14.5 Å². The highest BCUT2D eigenvalue weighted by Gasteiger charge is 2.25. The SMILES string of the molecule is CCCCCCCCCCCCCCCCCCCC(=O)N[C@@H](COP(=O)(O)O)[C@H](O)CCCCCCCCCCCCCCCCC. The van der Waals surface area contributed by atoms with Crippen molar-refractivity contribution in [2.45, 2.75) is 244 Å². The third-order valence-corrected chi connectivity index (χ3v) is 10.3. The topological polar surface area (TPSA) is 116 Å². The second kappa shape index (κ2) is 36.3. The number of unbranched alkanes of at least 4 members (excludes halogenated alkanes) is 30. The number of phosphoric ester groups is 1. The van der Waals surface area contributed by atoms with Crippen LogP contribution in [0.25, 0.3) is 0 Å². The molecule has 0 aromatic rings. The number of phosphoric acid groups is 1. The summed E-state index contributed by atoms with van der Waals surface area (Å²) in [5.41, 5.74) is 0. The van der Waals surface area contributed by atoms with E-state index >= 15 is 0 Å². The Morgan fingerprint density at radius 2 is 0.812 bits per heavy atom. The zero-order chi connectivity index (χ0) is 35.4. The van der Waals surface area contributed by atoms with Crippen LogP contribution < -0.4 is 5.32 Å². The van der Waals surface area contributed by atoms with E-state index < -0.39 is 26.6 Å². The number of amides is 1. The van der Waals surface area contributed by atoms with E-state index in [0.717, 1.165) is 38.5 Å². The van der Waals surface area contributed by atoms with Crippen molar-refractivity contribution in [1.82, 2.24) is 5.32 Å². The van der Waals surface area contributed by atoms with Gasteiger partial charge in [-0.2, -0.15) is 0 Å². The van der Waals surface area contributed by atoms with Crippen LogP contribution in [-0.2, 0) is 13.9 Å². The summed E-state index contributed by atoms with van der Waals surface area (Å²) in [7, 11) is -4.68. The number of aliphatic hydroxyl groups excluding tert-OH is 1. The molecule has 0 fully saturated rings. The Labute approximate surface area is 298 Å². The molecule has 0 heterocycles. The van der Waals surface area contributed by atoms with Gasteiger partial charge in [0.2, 0.25) is 5.91 Å². The summed E-state index contributed by atoms with van der Waals surface area (Å²) in [5.74, 6) is -0.189. The molecule has 0 aliphatic heterocycles. The van der Waals surface area contributed by atoms with Crippen LogP contribution in [0.2, 0.25) is 0 Å². The lowest BCUT2D eigenvalue weighted by molar-refractivity contribution is -0.123. The maximum atomic E-state index is 12.6. The number of aliphatic hydroxyl groups is 1. The van der Waals surface area contributed by atoms with Crippen molar-refractivity contribution in [3.8, 4) is 0 Å². The molecule has 4 N–H and O–H groups in total. The maximum absolute atomic E-state index is 12.6. The van der Waals surface area contributed by atoms with Crippen molar-refractivity contribution >= 4 is 13.7 Å². The molecule has 0 unspecified atom stereocenters. The largest absolute Gasteiger partial charge is 0.469 e. The third kappa shape index (κ3) is 36.8. The molecule has 0 aromatic carbocycles. The molecule has 0 rings (SSSR count). The molecule has 288 valence electrons.